The molecule has 5 heteroatoms. The molecule has 0 heterocycles. The average molecular weight is 289 g/mol. The summed E-state index contributed by atoms with van der Waals surface area (Å²) in [7, 11) is 0. The smallest absolute Gasteiger partial charge is 0.248 e. The van der Waals surface area contributed by atoms with E-state index in [0.29, 0.717) is 18.8 Å². The highest BCUT2D eigenvalue weighted by molar-refractivity contribution is 5.78. The van der Waals surface area contributed by atoms with Gasteiger partial charge in [0.2, 0.25) is 11.8 Å². The van der Waals surface area contributed by atoms with Crippen molar-refractivity contribution in [3.05, 3.63) is 0 Å². The van der Waals surface area contributed by atoms with Crippen molar-refractivity contribution in [2.75, 3.05) is 6.54 Å². The second-order valence-electron chi connectivity index (χ2n) is 6.75. The fraction of sp³-hybridized carbons (Fsp3) is 0.933. The van der Waals surface area contributed by atoms with E-state index in [4.69, 9.17) is 0 Å². The Labute approximate surface area is 119 Å². The van der Waals surface area contributed by atoms with Gasteiger partial charge < -0.3 is 10.4 Å². The molecule has 0 saturated heterocycles. The summed E-state index contributed by atoms with van der Waals surface area (Å²) in [6.45, 7) is 2.42. The lowest BCUT2D eigenvalue weighted by molar-refractivity contribution is -0.130. The van der Waals surface area contributed by atoms with Crippen molar-refractivity contribution in [2.45, 2.75) is 69.8 Å². The van der Waals surface area contributed by atoms with Crippen LogP contribution in [-0.4, -0.2) is 29.1 Å². The molecule has 0 aromatic heterocycles. The lowest BCUT2D eigenvalue weighted by atomic mass is 9.79. The van der Waals surface area contributed by atoms with E-state index in [1.807, 2.05) is 0 Å². The predicted octanol–water partition coefficient (Wildman–Crippen LogP) is 2.87. The highest BCUT2D eigenvalue weighted by Crippen LogP contribution is 2.36. The largest absolute Gasteiger partial charge is 0.388 e. The van der Waals surface area contributed by atoms with Crippen molar-refractivity contribution in [3.8, 4) is 0 Å². The third kappa shape index (κ3) is 4.14. The maximum atomic E-state index is 13.0. The fourth-order valence-corrected chi connectivity index (χ4v) is 3.17. The highest BCUT2D eigenvalue weighted by atomic mass is 19.3. The molecule has 20 heavy (non-hydrogen) atoms. The molecule has 2 saturated carbocycles. The molecular formula is C15H25F2NO2. The molecule has 2 rings (SSSR count). The number of alkyl halides is 2. The third-order valence-electron chi connectivity index (χ3n) is 4.88. The van der Waals surface area contributed by atoms with Crippen molar-refractivity contribution in [1.82, 2.24) is 5.32 Å². The van der Waals surface area contributed by atoms with Crippen LogP contribution in [0.2, 0.25) is 0 Å². The van der Waals surface area contributed by atoms with Gasteiger partial charge in [0.15, 0.2) is 0 Å². The molecule has 0 aromatic carbocycles. The van der Waals surface area contributed by atoms with Crippen LogP contribution in [-0.2, 0) is 4.79 Å². The first-order chi connectivity index (χ1) is 9.30. The van der Waals surface area contributed by atoms with E-state index >= 15 is 0 Å². The predicted molar refractivity (Wildman–Crippen MR) is 72.5 cm³/mol. The zero-order valence-corrected chi connectivity index (χ0v) is 12.1. The molecule has 2 fully saturated rings. The summed E-state index contributed by atoms with van der Waals surface area (Å²) in [5.74, 6) is -2.46. The number of hydrogen-bond donors (Lipinski definition) is 2. The summed E-state index contributed by atoms with van der Waals surface area (Å²) in [5.41, 5.74) is -0.805. The number of halogens is 2. The van der Waals surface area contributed by atoms with Gasteiger partial charge in [-0.05, 0) is 44.4 Å². The third-order valence-corrected chi connectivity index (χ3v) is 4.88. The van der Waals surface area contributed by atoms with Gasteiger partial charge in [0, 0.05) is 25.3 Å². The zero-order valence-electron chi connectivity index (χ0n) is 12.1. The minimum absolute atomic E-state index is 0.174. The fourth-order valence-electron chi connectivity index (χ4n) is 3.17. The molecule has 0 unspecified atom stereocenters. The van der Waals surface area contributed by atoms with E-state index in [1.165, 1.54) is 0 Å². The molecule has 3 nitrogen and oxygen atoms in total. The van der Waals surface area contributed by atoms with Gasteiger partial charge in [-0.25, -0.2) is 8.78 Å². The normalized spacial score (nSPS) is 34.7. The maximum absolute atomic E-state index is 13.0. The Hall–Kier alpha value is -0.710. The van der Waals surface area contributed by atoms with Gasteiger partial charge >= 0.3 is 0 Å². The van der Waals surface area contributed by atoms with E-state index < -0.39 is 11.5 Å². The van der Waals surface area contributed by atoms with Crippen molar-refractivity contribution in [2.24, 2.45) is 11.8 Å². The Morgan fingerprint density at radius 1 is 1.15 bits per heavy atom. The number of nitrogens with one attached hydrogen (secondary N) is 1. The van der Waals surface area contributed by atoms with Crippen LogP contribution in [0.1, 0.15) is 58.3 Å². The van der Waals surface area contributed by atoms with Crippen LogP contribution in [0, 0.1) is 11.8 Å². The first-order valence-corrected chi connectivity index (χ1v) is 7.68. The SMILES string of the molecule is CC1CCC(O)(CNC(=O)C2CCC(F)(F)CC2)CC1. The maximum Gasteiger partial charge on any atom is 0.248 e. The van der Waals surface area contributed by atoms with E-state index in [-0.39, 0.29) is 44.1 Å². The summed E-state index contributed by atoms with van der Waals surface area (Å²) in [6, 6.07) is 0. The molecule has 0 atom stereocenters. The minimum atomic E-state index is -2.60. The van der Waals surface area contributed by atoms with Crippen LogP contribution >= 0.6 is 0 Å². The van der Waals surface area contributed by atoms with Crippen LogP contribution in [0.5, 0.6) is 0 Å². The quantitative estimate of drug-likeness (QED) is 0.839. The number of amides is 1. The Morgan fingerprint density at radius 3 is 2.25 bits per heavy atom. The van der Waals surface area contributed by atoms with Crippen LogP contribution < -0.4 is 5.32 Å². The Kier molecular flexibility index (Phi) is 4.67. The molecule has 1 amide bonds. The lowest BCUT2D eigenvalue weighted by Gasteiger charge is -2.35. The van der Waals surface area contributed by atoms with Gasteiger partial charge in [0.1, 0.15) is 0 Å². The van der Waals surface area contributed by atoms with Crippen LogP contribution in [0.4, 0.5) is 8.78 Å². The van der Waals surface area contributed by atoms with Gasteiger partial charge in [-0.2, -0.15) is 0 Å². The van der Waals surface area contributed by atoms with E-state index in [9.17, 15) is 18.7 Å². The number of hydrogen-bond acceptors (Lipinski definition) is 2. The summed E-state index contributed by atoms with van der Waals surface area (Å²) in [5, 5.41) is 13.2. The number of rotatable bonds is 3. The molecule has 0 radical (unpaired) electrons. The van der Waals surface area contributed by atoms with Crippen LogP contribution in [0.25, 0.3) is 0 Å². The zero-order chi connectivity index (χ0) is 14.8. The number of carbonyl (C=O) groups is 1. The van der Waals surface area contributed by atoms with E-state index in [1.54, 1.807) is 0 Å². The summed E-state index contributed by atoms with van der Waals surface area (Å²) in [4.78, 5) is 12.0. The van der Waals surface area contributed by atoms with Crippen LogP contribution in [0.3, 0.4) is 0 Å². The Morgan fingerprint density at radius 2 is 1.70 bits per heavy atom. The minimum Gasteiger partial charge on any atom is -0.388 e. The molecule has 0 aromatic rings. The Balaban J connectivity index is 1.75. The molecule has 0 spiro atoms. The molecule has 2 aliphatic carbocycles. The summed E-state index contributed by atoms with van der Waals surface area (Å²) >= 11 is 0. The van der Waals surface area contributed by atoms with Crippen molar-refractivity contribution >= 4 is 5.91 Å². The first kappa shape index (κ1) is 15.7. The molecule has 0 bridgehead atoms. The van der Waals surface area contributed by atoms with Gasteiger partial charge in [0.25, 0.3) is 0 Å². The van der Waals surface area contributed by atoms with Gasteiger partial charge in [-0.1, -0.05) is 6.92 Å². The average Bonchev–Trinajstić information content (AvgIpc) is 2.40. The molecule has 2 aliphatic rings. The van der Waals surface area contributed by atoms with E-state index in [0.717, 1.165) is 12.8 Å². The summed E-state index contributed by atoms with van der Waals surface area (Å²) in [6.07, 6.45) is 3.45. The standard InChI is InChI=1S/C15H25F2NO2/c1-11-2-6-14(20,7-3-11)10-18-13(19)12-4-8-15(16,17)9-5-12/h11-12,20H,2-10H2,1H3,(H,18,19). The second-order valence-corrected chi connectivity index (χ2v) is 6.75. The molecule has 0 aliphatic heterocycles. The molecule has 2 N–H and O–H groups in total. The summed E-state index contributed by atoms with van der Waals surface area (Å²) < 4.78 is 26.1. The van der Waals surface area contributed by atoms with Gasteiger partial charge in [-0.15, -0.1) is 0 Å². The first-order valence-electron chi connectivity index (χ1n) is 7.68. The Bertz CT molecular complexity index is 342. The second kappa shape index (κ2) is 5.96. The number of carbonyl (C=O) groups excluding carboxylic acids is 1. The van der Waals surface area contributed by atoms with Crippen LogP contribution in [0.15, 0.2) is 0 Å². The van der Waals surface area contributed by atoms with Gasteiger partial charge in [0.05, 0.1) is 5.60 Å². The monoisotopic (exact) mass is 289 g/mol. The molecule has 116 valence electrons. The molecular weight excluding hydrogens is 264 g/mol. The van der Waals surface area contributed by atoms with E-state index in [2.05, 4.69) is 12.2 Å². The van der Waals surface area contributed by atoms with Crippen molar-refractivity contribution < 1.29 is 18.7 Å². The number of aliphatic hydroxyl groups is 1. The van der Waals surface area contributed by atoms with Crippen molar-refractivity contribution in [3.63, 3.8) is 0 Å². The lowest BCUT2D eigenvalue weighted by Crippen LogP contribution is -2.47. The topological polar surface area (TPSA) is 49.3 Å². The van der Waals surface area contributed by atoms with Crippen molar-refractivity contribution in [1.29, 1.82) is 0 Å². The van der Waals surface area contributed by atoms with Gasteiger partial charge in [-0.3, -0.25) is 4.79 Å². The highest BCUT2D eigenvalue weighted by Gasteiger charge is 2.38.